The number of aryl methyl sites for hydroxylation is 2. The number of nitrogens with one attached hydrogen (secondary N) is 1. The van der Waals surface area contributed by atoms with Crippen molar-refractivity contribution in [3.63, 3.8) is 0 Å². The van der Waals surface area contributed by atoms with Gasteiger partial charge in [-0.2, -0.15) is 0 Å². The van der Waals surface area contributed by atoms with Gasteiger partial charge in [-0.05, 0) is 48.7 Å². The van der Waals surface area contributed by atoms with Crippen molar-refractivity contribution in [2.75, 3.05) is 4.72 Å². The molecule has 20 heavy (non-hydrogen) atoms. The number of aliphatic hydroxyl groups excluding tert-OH is 1. The molecule has 0 amide bonds. The number of rotatable bonds is 4. The third kappa shape index (κ3) is 3.18. The van der Waals surface area contributed by atoms with Crippen LogP contribution in [0.15, 0.2) is 47.4 Å². The number of anilines is 1. The lowest BCUT2D eigenvalue weighted by molar-refractivity contribution is 0.278. The van der Waals surface area contributed by atoms with Crippen molar-refractivity contribution in [3.05, 3.63) is 59.2 Å². The molecule has 0 radical (unpaired) electrons. The number of aliphatic hydroxyl groups is 1. The number of benzene rings is 2. The van der Waals surface area contributed by atoms with Crippen LogP contribution in [0.1, 0.15) is 16.7 Å². The summed E-state index contributed by atoms with van der Waals surface area (Å²) in [5.41, 5.74) is 2.87. The van der Waals surface area contributed by atoms with E-state index in [0.717, 1.165) is 11.1 Å². The summed E-state index contributed by atoms with van der Waals surface area (Å²) in [6.07, 6.45) is 0. The van der Waals surface area contributed by atoms with Crippen molar-refractivity contribution in [1.82, 2.24) is 0 Å². The third-order valence-corrected chi connectivity index (χ3v) is 4.39. The summed E-state index contributed by atoms with van der Waals surface area (Å²) in [6.45, 7) is 3.50. The maximum Gasteiger partial charge on any atom is 0.262 e. The van der Waals surface area contributed by atoms with Crippen LogP contribution in [0, 0.1) is 13.8 Å². The number of sulfonamides is 1. The second kappa shape index (κ2) is 5.64. The lowest BCUT2D eigenvalue weighted by atomic mass is 10.1. The molecule has 0 aliphatic carbocycles. The summed E-state index contributed by atoms with van der Waals surface area (Å²) in [7, 11) is -3.70. The van der Waals surface area contributed by atoms with E-state index in [2.05, 4.69) is 4.72 Å². The van der Waals surface area contributed by atoms with Crippen LogP contribution in [0.5, 0.6) is 0 Å². The predicted molar refractivity (Wildman–Crippen MR) is 79.1 cm³/mol. The average Bonchev–Trinajstić information content (AvgIpc) is 2.36. The normalized spacial score (nSPS) is 11.3. The molecule has 0 spiro atoms. The van der Waals surface area contributed by atoms with Gasteiger partial charge in [-0.1, -0.05) is 24.3 Å². The highest BCUT2D eigenvalue weighted by Crippen LogP contribution is 2.21. The van der Waals surface area contributed by atoms with Gasteiger partial charge in [-0.15, -0.1) is 0 Å². The summed E-state index contributed by atoms with van der Waals surface area (Å²) in [5, 5.41) is 9.24. The first-order chi connectivity index (χ1) is 9.42. The zero-order chi connectivity index (χ0) is 14.8. The first-order valence-electron chi connectivity index (χ1n) is 6.22. The number of hydrogen-bond donors (Lipinski definition) is 2. The summed E-state index contributed by atoms with van der Waals surface area (Å²) in [4.78, 5) is 0.0988. The predicted octanol–water partition coefficient (Wildman–Crippen LogP) is 2.60. The Morgan fingerprint density at radius 2 is 1.65 bits per heavy atom. The van der Waals surface area contributed by atoms with Gasteiger partial charge in [0.2, 0.25) is 0 Å². The molecule has 2 aromatic rings. The van der Waals surface area contributed by atoms with Crippen LogP contribution >= 0.6 is 0 Å². The fourth-order valence-corrected chi connectivity index (χ4v) is 3.41. The van der Waals surface area contributed by atoms with E-state index in [1.807, 2.05) is 19.9 Å². The summed E-state index contributed by atoms with van der Waals surface area (Å²) in [5.74, 6) is 0. The van der Waals surface area contributed by atoms with Gasteiger partial charge >= 0.3 is 0 Å². The maximum absolute atomic E-state index is 12.4. The fraction of sp³-hybridized carbons (Fsp3) is 0.200. The van der Waals surface area contributed by atoms with Crippen molar-refractivity contribution in [1.29, 1.82) is 0 Å². The molecule has 0 atom stereocenters. The van der Waals surface area contributed by atoms with E-state index in [0.29, 0.717) is 11.3 Å². The van der Waals surface area contributed by atoms with Gasteiger partial charge in [0.25, 0.3) is 10.0 Å². The minimum atomic E-state index is -3.70. The van der Waals surface area contributed by atoms with Crippen LogP contribution in [-0.2, 0) is 16.6 Å². The molecular weight excluding hydrogens is 274 g/mol. The topological polar surface area (TPSA) is 66.4 Å². The Kier molecular flexibility index (Phi) is 4.11. The van der Waals surface area contributed by atoms with E-state index in [4.69, 9.17) is 0 Å². The van der Waals surface area contributed by atoms with Gasteiger partial charge in [0.15, 0.2) is 0 Å². The summed E-state index contributed by atoms with van der Waals surface area (Å²) < 4.78 is 27.3. The van der Waals surface area contributed by atoms with E-state index >= 15 is 0 Å². The van der Waals surface area contributed by atoms with Gasteiger partial charge in [0, 0.05) is 5.69 Å². The van der Waals surface area contributed by atoms with Crippen LogP contribution in [0.3, 0.4) is 0 Å². The van der Waals surface area contributed by atoms with E-state index < -0.39 is 10.0 Å². The third-order valence-electron chi connectivity index (χ3n) is 2.91. The molecular formula is C15H17NO3S. The van der Waals surface area contributed by atoms with Gasteiger partial charge in [-0.3, -0.25) is 4.72 Å². The molecule has 106 valence electrons. The van der Waals surface area contributed by atoms with Crippen molar-refractivity contribution in [3.8, 4) is 0 Å². The number of hydrogen-bond acceptors (Lipinski definition) is 3. The molecule has 2 rings (SSSR count). The van der Waals surface area contributed by atoms with Crippen LogP contribution in [0.2, 0.25) is 0 Å². The lowest BCUT2D eigenvalue weighted by Gasteiger charge is -2.12. The first-order valence-corrected chi connectivity index (χ1v) is 7.70. The van der Waals surface area contributed by atoms with Crippen LogP contribution in [0.25, 0.3) is 0 Å². The summed E-state index contributed by atoms with van der Waals surface area (Å²) in [6, 6.07) is 11.9. The molecule has 5 heteroatoms. The van der Waals surface area contributed by atoms with E-state index in [9.17, 15) is 13.5 Å². The largest absolute Gasteiger partial charge is 0.392 e. The monoisotopic (exact) mass is 291 g/mol. The highest BCUT2D eigenvalue weighted by molar-refractivity contribution is 7.92. The Balaban J connectivity index is 2.41. The van der Waals surface area contributed by atoms with Crippen molar-refractivity contribution in [2.24, 2.45) is 0 Å². The molecule has 4 nitrogen and oxygen atoms in total. The van der Waals surface area contributed by atoms with Gasteiger partial charge in [-0.25, -0.2) is 8.42 Å². The van der Waals surface area contributed by atoms with Crippen LogP contribution in [-0.4, -0.2) is 13.5 Å². The SMILES string of the molecule is Cc1cc(C)cc(NS(=O)(=O)c2ccccc2CO)c1. The van der Waals surface area contributed by atoms with Gasteiger partial charge in [0.1, 0.15) is 0 Å². The highest BCUT2D eigenvalue weighted by atomic mass is 32.2. The average molecular weight is 291 g/mol. The maximum atomic E-state index is 12.4. The minimum absolute atomic E-state index is 0.0988. The molecule has 2 aromatic carbocycles. The molecule has 0 aliphatic rings. The molecule has 0 fully saturated rings. The molecule has 0 unspecified atom stereocenters. The molecule has 0 aromatic heterocycles. The second-order valence-corrected chi connectivity index (χ2v) is 6.40. The zero-order valence-electron chi connectivity index (χ0n) is 11.4. The van der Waals surface area contributed by atoms with E-state index in [-0.39, 0.29) is 11.5 Å². The summed E-state index contributed by atoms with van der Waals surface area (Å²) >= 11 is 0. The molecule has 0 saturated carbocycles. The Bertz CT molecular complexity index is 703. The second-order valence-electron chi connectivity index (χ2n) is 4.75. The first kappa shape index (κ1) is 14.6. The lowest BCUT2D eigenvalue weighted by Crippen LogP contribution is -2.15. The molecule has 0 heterocycles. The Morgan fingerprint density at radius 1 is 1.05 bits per heavy atom. The quantitative estimate of drug-likeness (QED) is 0.910. The van der Waals surface area contributed by atoms with E-state index in [1.165, 1.54) is 6.07 Å². The smallest absolute Gasteiger partial charge is 0.262 e. The molecule has 0 aliphatic heterocycles. The molecule has 2 N–H and O–H groups in total. The van der Waals surface area contributed by atoms with Gasteiger partial charge < -0.3 is 5.11 Å². The molecule has 0 bridgehead atoms. The zero-order valence-corrected chi connectivity index (χ0v) is 12.2. The fourth-order valence-electron chi connectivity index (χ4n) is 2.14. The van der Waals surface area contributed by atoms with Crippen LogP contribution in [0.4, 0.5) is 5.69 Å². The van der Waals surface area contributed by atoms with E-state index in [1.54, 1.807) is 30.3 Å². The Labute approximate surface area is 119 Å². The van der Waals surface area contributed by atoms with Crippen molar-refractivity contribution >= 4 is 15.7 Å². The van der Waals surface area contributed by atoms with Gasteiger partial charge in [0.05, 0.1) is 11.5 Å². The van der Waals surface area contributed by atoms with Crippen molar-refractivity contribution < 1.29 is 13.5 Å². The van der Waals surface area contributed by atoms with Crippen LogP contribution < -0.4 is 4.72 Å². The Morgan fingerprint density at radius 3 is 2.25 bits per heavy atom. The van der Waals surface area contributed by atoms with Crippen molar-refractivity contribution in [2.45, 2.75) is 25.3 Å². The Hall–Kier alpha value is -1.85. The highest BCUT2D eigenvalue weighted by Gasteiger charge is 2.17. The standard InChI is InChI=1S/C15H17NO3S/c1-11-7-12(2)9-14(8-11)16-20(18,19)15-6-4-3-5-13(15)10-17/h3-9,16-17H,10H2,1-2H3. The molecule has 0 saturated heterocycles. The minimum Gasteiger partial charge on any atom is -0.392 e.